The molecule has 4 heteroatoms. The third kappa shape index (κ3) is 6.74. The number of methoxy groups -OCH3 is 1. The average Bonchev–Trinajstić information content (AvgIpc) is 2.34. The van der Waals surface area contributed by atoms with Crippen molar-refractivity contribution in [1.82, 2.24) is 0 Å². The van der Waals surface area contributed by atoms with Crippen LogP contribution in [0.25, 0.3) is 0 Å². The molecular weight excluding hydrogens is 224 g/mol. The van der Waals surface area contributed by atoms with Gasteiger partial charge < -0.3 is 14.2 Å². The molecule has 0 bridgehead atoms. The second-order valence-corrected chi connectivity index (χ2v) is 4.34. The van der Waals surface area contributed by atoms with Crippen LogP contribution in [-0.4, -0.2) is 45.9 Å². The lowest BCUT2D eigenvalue weighted by molar-refractivity contribution is -0.00204. The molecule has 0 atom stereocenters. The summed E-state index contributed by atoms with van der Waals surface area (Å²) in [4.78, 5) is 0. The molecule has 0 unspecified atom stereocenters. The molecule has 0 heterocycles. The molecule has 0 aromatic carbocycles. The van der Waals surface area contributed by atoms with E-state index in [1.165, 1.54) is 0 Å². The van der Waals surface area contributed by atoms with Crippen molar-refractivity contribution in [3.05, 3.63) is 0 Å². The maximum atomic E-state index is 5.64. The molecule has 0 amide bonds. The SMILES string of the molecule is CCC(CC)(CS)COCCOCCOC. The molecule has 0 fully saturated rings. The van der Waals surface area contributed by atoms with E-state index in [0.29, 0.717) is 26.4 Å². The Morgan fingerprint density at radius 1 is 0.938 bits per heavy atom. The summed E-state index contributed by atoms with van der Waals surface area (Å²) < 4.78 is 15.8. The van der Waals surface area contributed by atoms with Gasteiger partial charge in [0.1, 0.15) is 0 Å². The van der Waals surface area contributed by atoms with E-state index < -0.39 is 0 Å². The zero-order chi connectivity index (χ0) is 12.3. The third-order valence-corrected chi connectivity index (χ3v) is 3.72. The second-order valence-electron chi connectivity index (χ2n) is 4.02. The molecule has 0 aliphatic rings. The standard InChI is InChI=1S/C12H26O3S/c1-4-12(5-2,11-16)10-15-9-8-14-7-6-13-3/h16H,4-11H2,1-3H3. The molecule has 0 N–H and O–H groups in total. The topological polar surface area (TPSA) is 27.7 Å². The highest BCUT2D eigenvalue weighted by Gasteiger charge is 2.24. The monoisotopic (exact) mass is 250 g/mol. The minimum absolute atomic E-state index is 0.232. The molecule has 0 aliphatic heterocycles. The molecule has 0 spiro atoms. The van der Waals surface area contributed by atoms with E-state index >= 15 is 0 Å². The highest BCUT2D eigenvalue weighted by molar-refractivity contribution is 7.80. The first-order valence-electron chi connectivity index (χ1n) is 6.00. The maximum absolute atomic E-state index is 5.64. The normalized spacial score (nSPS) is 12.0. The summed E-state index contributed by atoms with van der Waals surface area (Å²) in [5, 5.41) is 0. The quantitative estimate of drug-likeness (QED) is 0.451. The number of hydrogen-bond donors (Lipinski definition) is 1. The highest BCUT2D eigenvalue weighted by Crippen LogP contribution is 2.27. The van der Waals surface area contributed by atoms with Crippen molar-refractivity contribution in [2.45, 2.75) is 26.7 Å². The van der Waals surface area contributed by atoms with Crippen molar-refractivity contribution in [2.75, 3.05) is 45.9 Å². The summed E-state index contributed by atoms with van der Waals surface area (Å²) in [5.41, 5.74) is 0.232. The molecule has 0 saturated carbocycles. The summed E-state index contributed by atoms with van der Waals surface area (Å²) in [6.45, 7) is 7.73. The predicted molar refractivity (Wildman–Crippen MR) is 70.4 cm³/mol. The van der Waals surface area contributed by atoms with Gasteiger partial charge in [-0.05, 0) is 18.6 Å². The van der Waals surface area contributed by atoms with E-state index in [1.54, 1.807) is 7.11 Å². The largest absolute Gasteiger partial charge is 0.382 e. The minimum Gasteiger partial charge on any atom is -0.382 e. The lowest BCUT2D eigenvalue weighted by atomic mass is 9.85. The van der Waals surface area contributed by atoms with E-state index in [4.69, 9.17) is 14.2 Å². The fraction of sp³-hybridized carbons (Fsp3) is 1.00. The fourth-order valence-corrected chi connectivity index (χ4v) is 1.91. The van der Waals surface area contributed by atoms with Crippen molar-refractivity contribution in [3.8, 4) is 0 Å². The minimum atomic E-state index is 0.232. The van der Waals surface area contributed by atoms with Gasteiger partial charge in [-0.15, -0.1) is 0 Å². The van der Waals surface area contributed by atoms with Gasteiger partial charge in [0.2, 0.25) is 0 Å². The van der Waals surface area contributed by atoms with Crippen molar-refractivity contribution in [3.63, 3.8) is 0 Å². The van der Waals surface area contributed by atoms with Crippen LogP contribution in [0.15, 0.2) is 0 Å². The van der Waals surface area contributed by atoms with E-state index in [9.17, 15) is 0 Å². The van der Waals surface area contributed by atoms with Crippen molar-refractivity contribution < 1.29 is 14.2 Å². The molecular formula is C12H26O3S. The zero-order valence-corrected chi connectivity index (χ0v) is 11.7. The number of thiol groups is 1. The molecule has 3 nitrogen and oxygen atoms in total. The molecule has 0 saturated heterocycles. The van der Waals surface area contributed by atoms with Gasteiger partial charge in [-0.1, -0.05) is 13.8 Å². The van der Waals surface area contributed by atoms with Crippen LogP contribution in [0.5, 0.6) is 0 Å². The van der Waals surface area contributed by atoms with Crippen LogP contribution in [0.1, 0.15) is 26.7 Å². The Balaban J connectivity index is 3.48. The summed E-state index contributed by atoms with van der Waals surface area (Å²) in [6, 6.07) is 0. The van der Waals surface area contributed by atoms with Gasteiger partial charge in [0.05, 0.1) is 33.0 Å². The van der Waals surface area contributed by atoms with Crippen LogP contribution in [0.4, 0.5) is 0 Å². The highest BCUT2D eigenvalue weighted by atomic mass is 32.1. The number of rotatable bonds is 11. The average molecular weight is 250 g/mol. The summed E-state index contributed by atoms with van der Waals surface area (Å²) >= 11 is 4.40. The molecule has 0 rings (SSSR count). The summed E-state index contributed by atoms with van der Waals surface area (Å²) in [6.07, 6.45) is 2.22. The van der Waals surface area contributed by atoms with Gasteiger partial charge in [0.25, 0.3) is 0 Å². The van der Waals surface area contributed by atoms with Crippen LogP contribution >= 0.6 is 12.6 Å². The first-order chi connectivity index (χ1) is 7.74. The number of ether oxygens (including phenoxy) is 3. The van der Waals surface area contributed by atoms with Gasteiger partial charge in [0, 0.05) is 12.5 Å². The van der Waals surface area contributed by atoms with Gasteiger partial charge in [-0.3, -0.25) is 0 Å². The van der Waals surface area contributed by atoms with Gasteiger partial charge in [-0.2, -0.15) is 12.6 Å². The Labute approximate surface area is 105 Å². The maximum Gasteiger partial charge on any atom is 0.0701 e. The lowest BCUT2D eigenvalue weighted by Crippen LogP contribution is -2.28. The fourth-order valence-electron chi connectivity index (χ4n) is 1.37. The number of hydrogen-bond acceptors (Lipinski definition) is 4. The Hall–Kier alpha value is 0.230. The Morgan fingerprint density at radius 3 is 2.00 bits per heavy atom. The Kier molecular flexibility index (Phi) is 10.5. The second kappa shape index (κ2) is 10.4. The third-order valence-electron chi connectivity index (χ3n) is 3.05. The molecule has 0 aromatic rings. The zero-order valence-electron chi connectivity index (χ0n) is 10.8. The molecule has 0 aliphatic carbocycles. The van der Waals surface area contributed by atoms with E-state index in [-0.39, 0.29) is 5.41 Å². The van der Waals surface area contributed by atoms with E-state index in [1.807, 2.05) is 0 Å². The van der Waals surface area contributed by atoms with E-state index in [0.717, 1.165) is 25.2 Å². The van der Waals surface area contributed by atoms with Crippen molar-refractivity contribution >= 4 is 12.6 Å². The Morgan fingerprint density at radius 2 is 1.50 bits per heavy atom. The smallest absolute Gasteiger partial charge is 0.0701 e. The molecule has 98 valence electrons. The van der Waals surface area contributed by atoms with E-state index in [2.05, 4.69) is 26.5 Å². The van der Waals surface area contributed by atoms with Crippen LogP contribution in [0, 0.1) is 5.41 Å². The first-order valence-corrected chi connectivity index (χ1v) is 6.63. The molecule has 0 aromatic heterocycles. The summed E-state index contributed by atoms with van der Waals surface area (Å²) in [7, 11) is 1.67. The van der Waals surface area contributed by atoms with Gasteiger partial charge in [-0.25, -0.2) is 0 Å². The van der Waals surface area contributed by atoms with Crippen LogP contribution in [0.2, 0.25) is 0 Å². The summed E-state index contributed by atoms with van der Waals surface area (Å²) in [5.74, 6) is 0.879. The van der Waals surface area contributed by atoms with Crippen LogP contribution in [-0.2, 0) is 14.2 Å². The van der Waals surface area contributed by atoms with Crippen molar-refractivity contribution in [2.24, 2.45) is 5.41 Å². The van der Waals surface area contributed by atoms with Crippen molar-refractivity contribution in [1.29, 1.82) is 0 Å². The van der Waals surface area contributed by atoms with Crippen LogP contribution < -0.4 is 0 Å². The van der Waals surface area contributed by atoms with Crippen LogP contribution in [0.3, 0.4) is 0 Å². The lowest BCUT2D eigenvalue weighted by Gasteiger charge is -2.29. The predicted octanol–water partition coefficient (Wildman–Crippen LogP) is 2.40. The first kappa shape index (κ1) is 16.2. The van der Waals surface area contributed by atoms with Gasteiger partial charge >= 0.3 is 0 Å². The molecule has 0 radical (unpaired) electrons. The molecule has 16 heavy (non-hydrogen) atoms. The van der Waals surface area contributed by atoms with Gasteiger partial charge in [0.15, 0.2) is 0 Å². The Bertz CT molecular complexity index is 141.